The van der Waals surface area contributed by atoms with E-state index in [0.717, 1.165) is 0 Å². The number of ether oxygens (including phenoxy) is 1. The van der Waals surface area contributed by atoms with Gasteiger partial charge in [0, 0.05) is 37.5 Å². The molecule has 2 aromatic carbocycles. The molecule has 0 saturated heterocycles. The highest BCUT2D eigenvalue weighted by atomic mass is 19.1. The third kappa shape index (κ3) is 3.62. The van der Waals surface area contributed by atoms with Crippen molar-refractivity contribution in [2.75, 3.05) is 14.1 Å². The number of carbonyl (C=O) groups excluding carboxylic acids is 1. The molecule has 0 spiro atoms. The van der Waals surface area contributed by atoms with Crippen molar-refractivity contribution >= 4 is 17.1 Å². The second-order valence-electron chi connectivity index (χ2n) is 6.34. The van der Waals surface area contributed by atoms with Gasteiger partial charge in [0.15, 0.2) is 11.6 Å². The second kappa shape index (κ2) is 7.11. The number of benzene rings is 2. The number of rotatable bonds is 3. The Kier molecular flexibility index (Phi) is 4.85. The first-order valence-corrected chi connectivity index (χ1v) is 8.19. The Morgan fingerprint density at radius 2 is 2.00 bits per heavy atom. The van der Waals surface area contributed by atoms with Crippen molar-refractivity contribution in [3.05, 3.63) is 69.3 Å². The van der Waals surface area contributed by atoms with Crippen molar-refractivity contribution in [2.24, 2.45) is 0 Å². The van der Waals surface area contributed by atoms with Crippen LogP contribution >= 0.6 is 0 Å². The maximum atomic E-state index is 14.1. The van der Waals surface area contributed by atoms with Gasteiger partial charge >= 0.3 is 11.7 Å². The Hall–Kier alpha value is -3.35. The van der Waals surface area contributed by atoms with Crippen LogP contribution in [-0.4, -0.2) is 30.2 Å². The minimum absolute atomic E-state index is 0.0122. The van der Waals surface area contributed by atoms with Crippen LogP contribution in [0, 0.1) is 12.7 Å². The molecule has 0 radical (unpaired) electrons. The number of aromatic hydroxyl groups is 1. The number of phenolic OH excluding ortho intramolecular Hbond substituents is 1. The highest BCUT2D eigenvalue weighted by Crippen LogP contribution is 2.27. The molecule has 7 heteroatoms. The highest BCUT2D eigenvalue weighted by molar-refractivity contribution is 5.83. The van der Waals surface area contributed by atoms with E-state index in [1.807, 2.05) is 0 Å². The van der Waals surface area contributed by atoms with Gasteiger partial charge in [-0.25, -0.2) is 14.0 Å². The van der Waals surface area contributed by atoms with E-state index in [-0.39, 0.29) is 23.3 Å². The Labute approximate surface area is 154 Å². The van der Waals surface area contributed by atoms with Gasteiger partial charge in [0.05, 0.1) is 0 Å². The SMILES string of the molecule is Cc1c(Cc2cccc(O)c2F)c(=O)oc2cc(OC(=O)N(C)C)ccc12. The number of amides is 1. The molecule has 0 saturated carbocycles. The van der Waals surface area contributed by atoms with Crippen LogP contribution in [-0.2, 0) is 6.42 Å². The minimum Gasteiger partial charge on any atom is -0.505 e. The number of hydrogen-bond acceptors (Lipinski definition) is 5. The third-order valence-corrected chi connectivity index (χ3v) is 4.25. The fraction of sp³-hybridized carbons (Fsp3) is 0.200. The molecule has 1 heterocycles. The van der Waals surface area contributed by atoms with Gasteiger partial charge < -0.3 is 19.2 Å². The molecule has 0 fully saturated rings. The zero-order chi connectivity index (χ0) is 19.7. The van der Waals surface area contributed by atoms with Gasteiger partial charge in [-0.05, 0) is 36.2 Å². The summed E-state index contributed by atoms with van der Waals surface area (Å²) in [6, 6.07) is 8.98. The summed E-state index contributed by atoms with van der Waals surface area (Å²) < 4.78 is 24.6. The van der Waals surface area contributed by atoms with E-state index >= 15 is 0 Å². The molecule has 1 N–H and O–H groups in total. The molecule has 0 aliphatic rings. The number of fused-ring (bicyclic) bond motifs is 1. The first-order valence-electron chi connectivity index (χ1n) is 8.19. The largest absolute Gasteiger partial charge is 0.505 e. The molecule has 3 rings (SSSR count). The van der Waals surface area contributed by atoms with E-state index in [0.29, 0.717) is 16.5 Å². The molecule has 0 aliphatic carbocycles. The van der Waals surface area contributed by atoms with Gasteiger partial charge in [-0.3, -0.25) is 0 Å². The van der Waals surface area contributed by atoms with Crippen LogP contribution in [0.2, 0.25) is 0 Å². The van der Waals surface area contributed by atoms with E-state index in [1.54, 1.807) is 33.2 Å². The van der Waals surface area contributed by atoms with Crippen LogP contribution < -0.4 is 10.4 Å². The van der Waals surface area contributed by atoms with Gasteiger partial charge in [0.2, 0.25) is 0 Å². The molecule has 0 unspecified atom stereocenters. The van der Waals surface area contributed by atoms with Gasteiger partial charge in [-0.1, -0.05) is 12.1 Å². The van der Waals surface area contributed by atoms with E-state index in [4.69, 9.17) is 9.15 Å². The standard InChI is InChI=1S/C20H18FNO5/c1-11-14-8-7-13(26-20(25)22(2)3)10-17(14)27-19(24)15(11)9-12-5-4-6-16(23)18(12)21/h4-8,10,23H,9H2,1-3H3. The van der Waals surface area contributed by atoms with Crippen molar-refractivity contribution < 1.29 is 23.4 Å². The van der Waals surface area contributed by atoms with E-state index in [2.05, 4.69) is 0 Å². The van der Waals surface area contributed by atoms with Gasteiger partial charge in [0.25, 0.3) is 0 Å². The molecule has 0 atom stereocenters. The van der Waals surface area contributed by atoms with E-state index < -0.39 is 23.3 Å². The smallest absolute Gasteiger partial charge is 0.414 e. The highest BCUT2D eigenvalue weighted by Gasteiger charge is 2.16. The molecule has 1 amide bonds. The van der Waals surface area contributed by atoms with Crippen LogP contribution in [0.1, 0.15) is 16.7 Å². The van der Waals surface area contributed by atoms with Crippen LogP contribution in [0.4, 0.5) is 9.18 Å². The predicted molar refractivity (Wildman–Crippen MR) is 97.8 cm³/mol. The van der Waals surface area contributed by atoms with Gasteiger partial charge in [0.1, 0.15) is 11.3 Å². The fourth-order valence-electron chi connectivity index (χ4n) is 2.73. The lowest BCUT2D eigenvalue weighted by Crippen LogP contribution is -2.25. The summed E-state index contributed by atoms with van der Waals surface area (Å²) in [4.78, 5) is 25.4. The number of nitrogens with zero attached hydrogens (tertiary/aromatic N) is 1. The van der Waals surface area contributed by atoms with Crippen LogP contribution in [0.3, 0.4) is 0 Å². The summed E-state index contributed by atoms with van der Waals surface area (Å²) in [6.45, 7) is 1.74. The molecule has 27 heavy (non-hydrogen) atoms. The van der Waals surface area contributed by atoms with Crippen LogP contribution in [0.25, 0.3) is 11.0 Å². The van der Waals surface area contributed by atoms with Crippen LogP contribution in [0.5, 0.6) is 11.5 Å². The summed E-state index contributed by atoms with van der Waals surface area (Å²) in [5.41, 5.74) is 0.779. The third-order valence-electron chi connectivity index (χ3n) is 4.25. The number of carbonyl (C=O) groups is 1. The monoisotopic (exact) mass is 371 g/mol. The Morgan fingerprint density at radius 3 is 2.70 bits per heavy atom. The van der Waals surface area contributed by atoms with Crippen LogP contribution in [0.15, 0.2) is 45.6 Å². The molecule has 1 aromatic heterocycles. The number of aryl methyl sites for hydroxylation is 1. The summed E-state index contributed by atoms with van der Waals surface area (Å²) in [6.07, 6.45) is -0.564. The van der Waals surface area contributed by atoms with Gasteiger partial charge in [-0.2, -0.15) is 0 Å². The summed E-state index contributed by atoms with van der Waals surface area (Å²) in [5, 5.41) is 10.2. The topological polar surface area (TPSA) is 80.0 Å². The molecular weight excluding hydrogens is 353 g/mol. The Bertz CT molecular complexity index is 1090. The summed E-state index contributed by atoms with van der Waals surface area (Å²) >= 11 is 0. The maximum absolute atomic E-state index is 14.1. The fourth-order valence-corrected chi connectivity index (χ4v) is 2.73. The number of phenols is 1. The Morgan fingerprint density at radius 1 is 1.26 bits per heavy atom. The van der Waals surface area contributed by atoms with Crippen molar-refractivity contribution in [3.8, 4) is 11.5 Å². The normalized spacial score (nSPS) is 10.8. The lowest BCUT2D eigenvalue weighted by atomic mass is 9.99. The first kappa shape index (κ1) is 18.4. The molecule has 0 bridgehead atoms. The Balaban J connectivity index is 2.02. The predicted octanol–water partition coefficient (Wildman–Crippen LogP) is 3.60. The molecule has 0 aliphatic heterocycles. The quantitative estimate of drug-likeness (QED) is 0.712. The van der Waals surface area contributed by atoms with Crippen molar-refractivity contribution in [2.45, 2.75) is 13.3 Å². The average molecular weight is 371 g/mol. The van der Waals surface area contributed by atoms with Crippen molar-refractivity contribution in [3.63, 3.8) is 0 Å². The van der Waals surface area contributed by atoms with Crippen molar-refractivity contribution in [1.82, 2.24) is 4.90 Å². The molecule has 3 aromatic rings. The zero-order valence-corrected chi connectivity index (χ0v) is 15.1. The minimum atomic E-state index is -0.762. The summed E-state index contributed by atoms with van der Waals surface area (Å²) in [5.74, 6) is -0.986. The van der Waals surface area contributed by atoms with Gasteiger partial charge in [-0.15, -0.1) is 0 Å². The molecule has 140 valence electrons. The lowest BCUT2D eigenvalue weighted by Gasteiger charge is -2.12. The first-order chi connectivity index (χ1) is 12.8. The molecular formula is C20H18FNO5. The molecule has 6 nitrogen and oxygen atoms in total. The zero-order valence-electron chi connectivity index (χ0n) is 15.1. The maximum Gasteiger partial charge on any atom is 0.414 e. The van der Waals surface area contributed by atoms with E-state index in [1.165, 1.54) is 29.2 Å². The van der Waals surface area contributed by atoms with Crippen molar-refractivity contribution in [1.29, 1.82) is 0 Å². The number of hydrogen-bond donors (Lipinski definition) is 1. The second-order valence-corrected chi connectivity index (χ2v) is 6.34. The lowest BCUT2D eigenvalue weighted by molar-refractivity contribution is 0.172. The van der Waals surface area contributed by atoms with E-state index in [9.17, 15) is 19.1 Å². The number of halogens is 1. The average Bonchev–Trinajstić information content (AvgIpc) is 2.61. The summed E-state index contributed by atoms with van der Waals surface area (Å²) in [7, 11) is 3.11.